The van der Waals surface area contributed by atoms with Gasteiger partial charge in [0.25, 0.3) is 0 Å². The average Bonchev–Trinajstić information content (AvgIpc) is 2.66. The van der Waals surface area contributed by atoms with Crippen molar-refractivity contribution in [3.63, 3.8) is 0 Å². The summed E-state index contributed by atoms with van der Waals surface area (Å²) in [6.45, 7) is 8.31. The first-order chi connectivity index (χ1) is 7.44. The Hall–Kier alpha value is -0.870. The summed E-state index contributed by atoms with van der Waals surface area (Å²) >= 11 is 1.49. The summed E-state index contributed by atoms with van der Waals surface area (Å²) in [7, 11) is 0. The Kier molecular flexibility index (Phi) is 4.50. The quantitative estimate of drug-likeness (QED) is 0.805. The molecule has 1 rings (SSSR count). The van der Waals surface area contributed by atoms with Crippen molar-refractivity contribution >= 4 is 17.3 Å². The Labute approximate surface area is 100 Å². The van der Waals surface area contributed by atoms with Gasteiger partial charge in [-0.1, -0.05) is 20.8 Å². The molecule has 0 saturated heterocycles. The van der Waals surface area contributed by atoms with Crippen LogP contribution in [-0.4, -0.2) is 17.6 Å². The molecule has 0 aliphatic carbocycles. The minimum absolute atomic E-state index is 0.298. The molecule has 4 heteroatoms. The Morgan fingerprint density at radius 2 is 2.25 bits per heavy atom. The third-order valence-corrected chi connectivity index (χ3v) is 3.70. The summed E-state index contributed by atoms with van der Waals surface area (Å²) < 4.78 is 0. The number of aromatic carboxylic acids is 1. The summed E-state index contributed by atoms with van der Waals surface area (Å²) in [5.41, 5.74) is 0.684. The van der Waals surface area contributed by atoms with Gasteiger partial charge in [-0.3, -0.25) is 0 Å². The summed E-state index contributed by atoms with van der Waals surface area (Å²) in [5.74, 6) is -0.851. The monoisotopic (exact) mass is 241 g/mol. The third kappa shape index (κ3) is 3.94. The molecule has 0 aromatic carbocycles. The first-order valence-corrected chi connectivity index (χ1v) is 6.34. The van der Waals surface area contributed by atoms with E-state index in [9.17, 15) is 4.79 Å². The Morgan fingerprint density at radius 3 is 2.75 bits per heavy atom. The molecule has 3 nitrogen and oxygen atoms in total. The van der Waals surface area contributed by atoms with E-state index in [1.54, 1.807) is 11.4 Å². The van der Waals surface area contributed by atoms with Crippen LogP contribution in [0.25, 0.3) is 0 Å². The fourth-order valence-electron chi connectivity index (χ4n) is 1.23. The molecule has 0 bridgehead atoms. The molecule has 0 aliphatic heterocycles. The van der Waals surface area contributed by atoms with Crippen molar-refractivity contribution in [1.82, 2.24) is 5.32 Å². The second kappa shape index (κ2) is 5.46. The lowest BCUT2D eigenvalue weighted by atomic mass is 9.90. The molecule has 0 spiro atoms. The molecule has 1 heterocycles. The van der Waals surface area contributed by atoms with Crippen LogP contribution < -0.4 is 5.32 Å². The molecule has 90 valence electrons. The van der Waals surface area contributed by atoms with E-state index < -0.39 is 5.97 Å². The summed E-state index contributed by atoms with van der Waals surface area (Å²) in [6.07, 6.45) is 1.13. The number of hydrogen-bond acceptors (Lipinski definition) is 3. The normalized spacial score (nSPS) is 11.7. The van der Waals surface area contributed by atoms with Gasteiger partial charge in [0.2, 0.25) is 0 Å². The molecule has 0 radical (unpaired) electrons. The zero-order valence-electron chi connectivity index (χ0n) is 10.0. The lowest BCUT2D eigenvalue weighted by molar-refractivity contribution is 0.0697. The van der Waals surface area contributed by atoms with Crippen LogP contribution in [0.2, 0.25) is 0 Å². The fourth-order valence-corrected chi connectivity index (χ4v) is 2.06. The summed E-state index contributed by atoms with van der Waals surface area (Å²) in [5, 5.41) is 13.8. The molecule has 1 aromatic heterocycles. The van der Waals surface area contributed by atoms with Crippen LogP contribution in [0.3, 0.4) is 0 Å². The van der Waals surface area contributed by atoms with E-state index in [1.165, 1.54) is 11.3 Å². The molecular formula is C12H19NO2S. The van der Waals surface area contributed by atoms with E-state index in [0.717, 1.165) is 24.4 Å². The van der Waals surface area contributed by atoms with Gasteiger partial charge in [0.05, 0.1) is 5.56 Å². The zero-order valence-corrected chi connectivity index (χ0v) is 10.9. The second-order valence-corrected chi connectivity index (χ2v) is 5.72. The van der Waals surface area contributed by atoms with Gasteiger partial charge in [0.1, 0.15) is 0 Å². The maximum absolute atomic E-state index is 10.7. The molecule has 1 aromatic rings. The first-order valence-electron chi connectivity index (χ1n) is 5.46. The van der Waals surface area contributed by atoms with Gasteiger partial charge in [-0.2, -0.15) is 0 Å². The SMILES string of the molecule is CCC(C)(C)CNCc1cc(C(=O)O)cs1. The van der Waals surface area contributed by atoms with Crippen molar-refractivity contribution in [1.29, 1.82) is 0 Å². The zero-order chi connectivity index (χ0) is 12.2. The van der Waals surface area contributed by atoms with Gasteiger partial charge < -0.3 is 10.4 Å². The minimum Gasteiger partial charge on any atom is -0.478 e. The van der Waals surface area contributed by atoms with E-state index >= 15 is 0 Å². The maximum atomic E-state index is 10.7. The summed E-state index contributed by atoms with van der Waals surface area (Å²) in [4.78, 5) is 11.8. The van der Waals surface area contributed by atoms with Gasteiger partial charge in [0.15, 0.2) is 0 Å². The average molecular weight is 241 g/mol. The van der Waals surface area contributed by atoms with Gasteiger partial charge in [0, 0.05) is 23.3 Å². The molecule has 0 unspecified atom stereocenters. The van der Waals surface area contributed by atoms with Crippen LogP contribution in [-0.2, 0) is 6.54 Å². The van der Waals surface area contributed by atoms with Crippen molar-refractivity contribution in [2.45, 2.75) is 33.7 Å². The van der Waals surface area contributed by atoms with E-state index in [2.05, 4.69) is 26.1 Å². The number of hydrogen-bond donors (Lipinski definition) is 2. The van der Waals surface area contributed by atoms with E-state index in [4.69, 9.17) is 5.11 Å². The largest absolute Gasteiger partial charge is 0.478 e. The highest BCUT2D eigenvalue weighted by molar-refractivity contribution is 7.10. The number of carboxylic acid groups (broad SMARTS) is 1. The number of rotatable bonds is 6. The highest BCUT2D eigenvalue weighted by Gasteiger charge is 2.14. The van der Waals surface area contributed by atoms with Crippen molar-refractivity contribution in [2.24, 2.45) is 5.41 Å². The lowest BCUT2D eigenvalue weighted by Crippen LogP contribution is -2.28. The minimum atomic E-state index is -0.851. The molecule has 16 heavy (non-hydrogen) atoms. The van der Waals surface area contributed by atoms with E-state index in [-0.39, 0.29) is 0 Å². The number of carbonyl (C=O) groups is 1. The van der Waals surface area contributed by atoms with Crippen molar-refractivity contribution in [3.8, 4) is 0 Å². The molecule has 0 aliphatic rings. The molecule has 0 atom stereocenters. The standard InChI is InChI=1S/C12H19NO2S/c1-4-12(2,3)8-13-6-10-5-9(7-16-10)11(14)15/h5,7,13H,4,6,8H2,1-3H3,(H,14,15). The number of nitrogens with one attached hydrogen (secondary N) is 1. The molecule has 0 fully saturated rings. The predicted octanol–water partition coefficient (Wildman–Crippen LogP) is 2.97. The van der Waals surface area contributed by atoms with E-state index in [1.807, 2.05) is 0 Å². The van der Waals surface area contributed by atoms with Crippen LogP contribution >= 0.6 is 11.3 Å². The molecule has 2 N–H and O–H groups in total. The third-order valence-electron chi connectivity index (χ3n) is 2.76. The molecule has 0 amide bonds. The van der Waals surface area contributed by atoms with Crippen molar-refractivity contribution < 1.29 is 9.90 Å². The van der Waals surface area contributed by atoms with Gasteiger partial charge >= 0.3 is 5.97 Å². The Bertz CT molecular complexity index is 358. The van der Waals surface area contributed by atoms with Crippen LogP contribution in [0.1, 0.15) is 42.4 Å². The van der Waals surface area contributed by atoms with Crippen LogP contribution in [0.5, 0.6) is 0 Å². The van der Waals surface area contributed by atoms with Crippen LogP contribution in [0.4, 0.5) is 0 Å². The fraction of sp³-hybridized carbons (Fsp3) is 0.583. The molecular weight excluding hydrogens is 222 g/mol. The Morgan fingerprint density at radius 1 is 1.56 bits per heavy atom. The number of thiophene rings is 1. The maximum Gasteiger partial charge on any atom is 0.336 e. The van der Waals surface area contributed by atoms with Gasteiger partial charge in [-0.05, 0) is 17.9 Å². The van der Waals surface area contributed by atoms with Gasteiger partial charge in [-0.15, -0.1) is 11.3 Å². The second-order valence-electron chi connectivity index (χ2n) is 4.73. The van der Waals surface area contributed by atoms with Gasteiger partial charge in [-0.25, -0.2) is 4.79 Å². The smallest absolute Gasteiger partial charge is 0.336 e. The Balaban J connectivity index is 2.40. The van der Waals surface area contributed by atoms with Crippen LogP contribution in [0, 0.1) is 5.41 Å². The predicted molar refractivity (Wildman–Crippen MR) is 67.1 cm³/mol. The van der Waals surface area contributed by atoms with Crippen molar-refractivity contribution in [2.75, 3.05) is 6.54 Å². The highest BCUT2D eigenvalue weighted by atomic mass is 32.1. The lowest BCUT2D eigenvalue weighted by Gasteiger charge is -2.22. The highest BCUT2D eigenvalue weighted by Crippen LogP contribution is 2.19. The van der Waals surface area contributed by atoms with Crippen LogP contribution in [0.15, 0.2) is 11.4 Å². The van der Waals surface area contributed by atoms with Crippen molar-refractivity contribution in [3.05, 3.63) is 21.9 Å². The summed E-state index contributed by atoms with van der Waals surface area (Å²) in [6, 6.07) is 1.74. The number of carboxylic acids is 1. The molecule has 0 saturated carbocycles. The topological polar surface area (TPSA) is 49.3 Å². The van der Waals surface area contributed by atoms with E-state index in [0.29, 0.717) is 11.0 Å². The first kappa shape index (κ1) is 13.2.